The van der Waals surface area contributed by atoms with Crippen molar-refractivity contribution in [2.45, 2.75) is 18.9 Å². The van der Waals surface area contributed by atoms with Gasteiger partial charge in [0, 0.05) is 45.0 Å². The Morgan fingerprint density at radius 3 is 2.73 bits per heavy atom. The zero-order valence-corrected chi connectivity index (χ0v) is 14.5. The average Bonchev–Trinajstić information content (AvgIpc) is 3.23. The summed E-state index contributed by atoms with van der Waals surface area (Å²) in [5, 5.41) is 3.18. The van der Waals surface area contributed by atoms with Gasteiger partial charge in [-0.25, -0.2) is 15.0 Å². The van der Waals surface area contributed by atoms with Gasteiger partial charge in [-0.05, 0) is 25.0 Å². The van der Waals surface area contributed by atoms with Crippen LogP contribution < -0.4 is 10.2 Å². The number of nitrogens with zero attached hydrogens (tertiary/aromatic N) is 5. The standard InChI is InChI=1S/C18H22N6O2/c25-18(14-4-3-11-26-14)24-9-7-23(8-10-24)17-12-16(20-13-21-17)22-15-5-1-2-6-19-15/h1-2,5-6,12-14H,3-4,7-11H2,(H,19,20,21,22)/t14-/m0/s1. The largest absolute Gasteiger partial charge is 0.368 e. The van der Waals surface area contributed by atoms with Crippen LogP contribution in [0, 0.1) is 0 Å². The fourth-order valence-electron chi connectivity index (χ4n) is 3.29. The lowest BCUT2D eigenvalue weighted by molar-refractivity contribution is -0.141. The maximum atomic E-state index is 12.4. The Hall–Kier alpha value is -2.74. The van der Waals surface area contributed by atoms with Crippen molar-refractivity contribution in [1.29, 1.82) is 0 Å². The molecule has 0 spiro atoms. The van der Waals surface area contributed by atoms with Crippen LogP contribution in [-0.4, -0.2) is 64.6 Å². The van der Waals surface area contributed by atoms with Crippen molar-refractivity contribution in [3.63, 3.8) is 0 Å². The van der Waals surface area contributed by atoms with E-state index in [9.17, 15) is 4.79 Å². The summed E-state index contributed by atoms with van der Waals surface area (Å²) in [6.07, 6.45) is 4.85. The molecular formula is C18H22N6O2. The molecule has 4 heterocycles. The molecule has 0 unspecified atom stereocenters. The smallest absolute Gasteiger partial charge is 0.251 e. The number of carbonyl (C=O) groups is 1. The van der Waals surface area contributed by atoms with E-state index in [2.05, 4.69) is 25.2 Å². The van der Waals surface area contributed by atoms with E-state index in [-0.39, 0.29) is 12.0 Å². The molecule has 1 atom stereocenters. The summed E-state index contributed by atoms with van der Waals surface area (Å²) in [7, 11) is 0. The summed E-state index contributed by atoms with van der Waals surface area (Å²) in [5.74, 6) is 2.42. The van der Waals surface area contributed by atoms with E-state index in [1.165, 1.54) is 0 Å². The molecular weight excluding hydrogens is 332 g/mol. The third-order valence-electron chi connectivity index (χ3n) is 4.69. The fourth-order valence-corrected chi connectivity index (χ4v) is 3.29. The van der Waals surface area contributed by atoms with Gasteiger partial charge < -0.3 is 19.9 Å². The summed E-state index contributed by atoms with van der Waals surface area (Å²) in [6.45, 7) is 3.57. The minimum absolute atomic E-state index is 0.127. The Morgan fingerprint density at radius 1 is 1.12 bits per heavy atom. The molecule has 0 aromatic carbocycles. The molecule has 26 heavy (non-hydrogen) atoms. The first-order chi connectivity index (χ1) is 12.8. The van der Waals surface area contributed by atoms with Crippen molar-refractivity contribution in [1.82, 2.24) is 19.9 Å². The lowest BCUT2D eigenvalue weighted by Gasteiger charge is -2.36. The fraction of sp³-hybridized carbons (Fsp3) is 0.444. The van der Waals surface area contributed by atoms with E-state index in [0.29, 0.717) is 25.5 Å². The number of pyridine rings is 1. The van der Waals surface area contributed by atoms with Gasteiger partial charge in [-0.3, -0.25) is 4.79 Å². The highest BCUT2D eigenvalue weighted by Gasteiger charge is 2.30. The van der Waals surface area contributed by atoms with Gasteiger partial charge in [-0.15, -0.1) is 0 Å². The van der Waals surface area contributed by atoms with E-state index in [1.807, 2.05) is 29.2 Å². The Labute approximate surface area is 152 Å². The molecule has 8 nitrogen and oxygen atoms in total. The summed E-state index contributed by atoms with van der Waals surface area (Å²) in [6, 6.07) is 7.58. The van der Waals surface area contributed by atoms with Crippen molar-refractivity contribution in [2.75, 3.05) is 43.0 Å². The molecule has 0 bridgehead atoms. The Bertz CT molecular complexity index is 742. The highest BCUT2D eigenvalue weighted by atomic mass is 16.5. The predicted octanol–water partition coefficient (Wildman–Crippen LogP) is 1.44. The third-order valence-corrected chi connectivity index (χ3v) is 4.69. The van der Waals surface area contributed by atoms with E-state index < -0.39 is 0 Å². The minimum atomic E-state index is -0.241. The first-order valence-corrected chi connectivity index (χ1v) is 8.95. The first kappa shape index (κ1) is 16.7. The van der Waals surface area contributed by atoms with Gasteiger partial charge >= 0.3 is 0 Å². The SMILES string of the molecule is O=C([C@@H]1CCCO1)N1CCN(c2cc(Nc3ccccn3)ncn2)CC1. The lowest BCUT2D eigenvalue weighted by atomic mass is 10.2. The Balaban J connectivity index is 1.37. The topological polar surface area (TPSA) is 83.5 Å². The van der Waals surface area contributed by atoms with Crippen LogP contribution in [0.4, 0.5) is 17.5 Å². The maximum Gasteiger partial charge on any atom is 0.251 e. The first-order valence-electron chi connectivity index (χ1n) is 8.95. The van der Waals surface area contributed by atoms with E-state index in [4.69, 9.17) is 4.74 Å². The number of rotatable bonds is 4. The van der Waals surface area contributed by atoms with Crippen LogP contribution >= 0.6 is 0 Å². The molecule has 0 saturated carbocycles. The molecule has 2 aliphatic rings. The lowest BCUT2D eigenvalue weighted by Crippen LogP contribution is -2.51. The van der Waals surface area contributed by atoms with Crippen LogP contribution in [0.5, 0.6) is 0 Å². The van der Waals surface area contributed by atoms with Crippen LogP contribution in [-0.2, 0) is 9.53 Å². The number of nitrogens with one attached hydrogen (secondary N) is 1. The highest BCUT2D eigenvalue weighted by Crippen LogP contribution is 2.20. The number of hydrogen-bond acceptors (Lipinski definition) is 7. The molecule has 2 aromatic heterocycles. The summed E-state index contributed by atoms with van der Waals surface area (Å²) in [5.41, 5.74) is 0. The maximum absolute atomic E-state index is 12.4. The van der Waals surface area contributed by atoms with Gasteiger partial charge in [0.05, 0.1) is 0 Å². The van der Waals surface area contributed by atoms with Gasteiger partial charge in [-0.2, -0.15) is 0 Å². The third kappa shape index (κ3) is 3.75. The molecule has 1 amide bonds. The summed E-state index contributed by atoms with van der Waals surface area (Å²) in [4.78, 5) is 29.4. The molecule has 2 aliphatic heterocycles. The highest BCUT2D eigenvalue weighted by molar-refractivity contribution is 5.81. The van der Waals surface area contributed by atoms with Crippen molar-refractivity contribution in [3.05, 3.63) is 36.8 Å². The number of ether oxygens (including phenoxy) is 1. The summed E-state index contributed by atoms with van der Waals surface area (Å²) < 4.78 is 5.51. The number of carbonyl (C=O) groups excluding carboxylic acids is 1. The van der Waals surface area contributed by atoms with Gasteiger partial charge in [0.15, 0.2) is 0 Å². The minimum Gasteiger partial charge on any atom is -0.368 e. The average molecular weight is 354 g/mol. The molecule has 2 saturated heterocycles. The second kappa shape index (κ2) is 7.65. The molecule has 4 rings (SSSR count). The Morgan fingerprint density at radius 2 is 2.00 bits per heavy atom. The van der Waals surface area contributed by atoms with E-state index in [1.54, 1.807) is 12.5 Å². The predicted molar refractivity (Wildman–Crippen MR) is 97.3 cm³/mol. The molecule has 2 fully saturated rings. The van der Waals surface area contributed by atoms with Crippen molar-refractivity contribution < 1.29 is 9.53 Å². The number of aromatic nitrogens is 3. The van der Waals surface area contributed by atoms with Crippen molar-refractivity contribution in [3.8, 4) is 0 Å². The number of anilines is 3. The summed E-state index contributed by atoms with van der Waals surface area (Å²) >= 11 is 0. The monoisotopic (exact) mass is 354 g/mol. The van der Waals surface area contributed by atoms with Crippen molar-refractivity contribution >= 4 is 23.4 Å². The number of hydrogen-bond donors (Lipinski definition) is 1. The van der Waals surface area contributed by atoms with Crippen LogP contribution in [0.1, 0.15) is 12.8 Å². The van der Waals surface area contributed by atoms with Crippen molar-refractivity contribution in [2.24, 2.45) is 0 Å². The second-order valence-electron chi connectivity index (χ2n) is 6.42. The molecule has 136 valence electrons. The zero-order valence-electron chi connectivity index (χ0n) is 14.5. The van der Waals surface area contributed by atoms with Gasteiger partial charge in [0.25, 0.3) is 5.91 Å². The number of piperazine rings is 1. The Kier molecular flexibility index (Phi) is 4.92. The zero-order chi connectivity index (χ0) is 17.8. The normalized spacial score (nSPS) is 20.2. The molecule has 8 heteroatoms. The van der Waals surface area contributed by atoms with Crippen LogP contribution in [0.25, 0.3) is 0 Å². The quantitative estimate of drug-likeness (QED) is 0.889. The number of amides is 1. The van der Waals surface area contributed by atoms with Gasteiger partial charge in [0.1, 0.15) is 29.9 Å². The van der Waals surface area contributed by atoms with Gasteiger partial charge in [0.2, 0.25) is 0 Å². The van der Waals surface area contributed by atoms with Crippen LogP contribution in [0.15, 0.2) is 36.8 Å². The van der Waals surface area contributed by atoms with Gasteiger partial charge in [-0.1, -0.05) is 6.07 Å². The van der Waals surface area contributed by atoms with E-state index >= 15 is 0 Å². The van der Waals surface area contributed by atoms with Crippen LogP contribution in [0.3, 0.4) is 0 Å². The van der Waals surface area contributed by atoms with E-state index in [0.717, 1.165) is 37.6 Å². The molecule has 2 aromatic rings. The second-order valence-corrected chi connectivity index (χ2v) is 6.42. The molecule has 0 aliphatic carbocycles. The molecule has 0 radical (unpaired) electrons. The molecule has 1 N–H and O–H groups in total. The van der Waals surface area contributed by atoms with Crippen LogP contribution in [0.2, 0.25) is 0 Å².